The molecule has 6 nitrogen and oxygen atoms in total. The van der Waals surface area contributed by atoms with E-state index in [4.69, 9.17) is 4.98 Å². The number of hydrogen-bond donors (Lipinski definition) is 2. The van der Waals surface area contributed by atoms with Gasteiger partial charge in [0.15, 0.2) is 0 Å². The van der Waals surface area contributed by atoms with Crippen molar-refractivity contribution in [1.82, 2.24) is 25.2 Å². The maximum absolute atomic E-state index is 13.0. The highest BCUT2D eigenvalue weighted by Crippen LogP contribution is 2.27. The number of fused-ring (bicyclic) bond motifs is 2. The fraction of sp³-hybridized carbons (Fsp3) is 0.261. The van der Waals surface area contributed by atoms with Gasteiger partial charge in [0.2, 0.25) is 0 Å². The maximum atomic E-state index is 13.0. The second-order valence-electron chi connectivity index (χ2n) is 7.51. The van der Waals surface area contributed by atoms with Crippen LogP contribution in [0.2, 0.25) is 0 Å². The fourth-order valence-corrected chi connectivity index (χ4v) is 4.02. The molecule has 6 heteroatoms. The molecule has 1 saturated heterocycles. The number of benzene rings is 2. The standard InChI is InChI=1S/C23H23N5O/c29-23(25-10-13-28-11-3-4-12-28)18-15-17(14-16-6-5-9-24-21(16)18)22-26-19-7-1-2-8-20(19)27-22/h1-2,5-9,14-15H,3-4,10-13H2,(H,25,29)(H,26,27). The highest BCUT2D eigenvalue weighted by atomic mass is 16.1. The van der Waals surface area contributed by atoms with E-state index in [9.17, 15) is 4.79 Å². The Morgan fingerprint density at radius 3 is 2.83 bits per heavy atom. The molecule has 2 aromatic carbocycles. The molecule has 5 rings (SSSR count). The number of rotatable bonds is 5. The zero-order valence-electron chi connectivity index (χ0n) is 16.2. The first-order chi connectivity index (χ1) is 14.3. The fourth-order valence-electron chi connectivity index (χ4n) is 4.02. The van der Waals surface area contributed by atoms with Gasteiger partial charge in [-0.15, -0.1) is 0 Å². The SMILES string of the molecule is O=C(NCCN1CCCC1)c1cc(-c2nc3ccccc3[nH]2)cc2cccnc12. The zero-order chi connectivity index (χ0) is 19.6. The Balaban J connectivity index is 1.47. The average Bonchev–Trinajstić information content (AvgIpc) is 3.42. The molecule has 1 aliphatic heterocycles. The van der Waals surface area contributed by atoms with E-state index in [0.29, 0.717) is 17.6 Å². The number of nitrogens with zero attached hydrogens (tertiary/aromatic N) is 3. The van der Waals surface area contributed by atoms with Crippen molar-refractivity contribution in [3.63, 3.8) is 0 Å². The van der Waals surface area contributed by atoms with E-state index in [2.05, 4.69) is 20.2 Å². The third kappa shape index (κ3) is 3.59. The molecule has 29 heavy (non-hydrogen) atoms. The number of carbonyl (C=O) groups excluding carboxylic acids is 1. The normalized spacial score (nSPS) is 14.6. The second kappa shape index (κ2) is 7.64. The second-order valence-corrected chi connectivity index (χ2v) is 7.51. The number of likely N-dealkylation sites (tertiary alicyclic amines) is 1. The first-order valence-electron chi connectivity index (χ1n) is 10.1. The molecular formula is C23H23N5O. The van der Waals surface area contributed by atoms with Gasteiger partial charge in [-0.1, -0.05) is 18.2 Å². The molecule has 0 spiro atoms. The molecule has 0 bridgehead atoms. The first-order valence-corrected chi connectivity index (χ1v) is 10.1. The Labute approximate surface area is 169 Å². The minimum Gasteiger partial charge on any atom is -0.351 e. The molecule has 1 aliphatic rings. The van der Waals surface area contributed by atoms with Gasteiger partial charge in [-0.05, 0) is 56.3 Å². The zero-order valence-corrected chi connectivity index (χ0v) is 16.2. The number of para-hydroxylation sites is 2. The van der Waals surface area contributed by atoms with Crippen molar-refractivity contribution in [3.8, 4) is 11.4 Å². The van der Waals surface area contributed by atoms with Crippen LogP contribution in [-0.2, 0) is 0 Å². The number of nitrogens with one attached hydrogen (secondary N) is 2. The lowest BCUT2D eigenvalue weighted by molar-refractivity contribution is 0.0951. The molecule has 2 N–H and O–H groups in total. The number of aromatic amines is 1. The number of imidazole rings is 1. The minimum absolute atomic E-state index is 0.0918. The number of H-pyrrole nitrogens is 1. The van der Waals surface area contributed by atoms with Crippen LogP contribution in [0.4, 0.5) is 0 Å². The number of hydrogen-bond acceptors (Lipinski definition) is 4. The van der Waals surface area contributed by atoms with Crippen LogP contribution in [0.1, 0.15) is 23.2 Å². The van der Waals surface area contributed by atoms with E-state index >= 15 is 0 Å². The molecule has 146 valence electrons. The molecule has 0 unspecified atom stereocenters. The Morgan fingerprint density at radius 1 is 1.10 bits per heavy atom. The van der Waals surface area contributed by atoms with Crippen molar-refractivity contribution in [2.24, 2.45) is 0 Å². The van der Waals surface area contributed by atoms with Gasteiger partial charge in [-0.2, -0.15) is 0 Å². The number of carbonyl (C=O) groups is 1. The van der Waals surface area contributed by atoms with Crippen LogP contribution in [0.15, 0.2) is 54.7 Å². The summed E-state index contributed by atoms with van der Waals surface area (Å²) in [6.07, 6.45) is 4.23. The lowest BCUT2D eigenvalue weighted by atomic mass is 10.0. The molecule has 0 radical (unpaired) electrons. The predicted molar refractivity (Wildman–Crippen MR) is 115 cm³/mol. The number of pyridine rings is 1. The first kappa shape index (κ1) is 17.8. The third-order valence-electron chi connectivity index (χ3n) is 5.52. The van der Waals surface area contributed by atoms with Crippen LogP contribution in [0.25, 0.3) is 33.3 Å². The van der Waals surface area contributed by atoms with Crippen molar-refractivity contribution in [2.45, 2.75) is 12.8 Å². The van der Waals surface area contributed by atoms with Crippen LogP contribution in [0, 0.1) is 0 Å². The number of amides is 1. The van der Waals surface area contributed by atoms with Gasteiger partial charge in [0.25, 0.3) is 5.91 Å². The summed E-state index contributed by atoms with van der Waals surface area (Å²) in [6.45, 7) is 3.78. The van der Waals surface area contributed by atoms with Crippen LogP contribution in [-0.4, -0.2) is 51.9 Å². The summed E-state index contributed by atoms with van der Waals surface area (Å²) in [6, 6.07) is 15.7. The van der Waals surface area contributed by atoms with E-state index in [1.165, 1.54) is 12.8 Å². The van der Waals surface area contributed by atoms with Gasteiger partial charge < -0.3 is 15.2 Å². The van der Waals surface area contributed by atoms with E-state index in [1.54, 1.807) is 6.20 Å². The Morgan fingerprint density at radius 2 is 1.97 bits per heavy atom. The van der Waals surface area contributed by atoms with Crippen LogP contribution in [0.3, 0.4) is 0 Å². The monoisotopic (exact) mass is 385 g/mol. The quantitative estimate of drug-likeness (QED) is 0.550. The summed E-state index contributed by atoms with van der Waals surface area (Å²) in [5.74, 6) is 0.661. The lowest BCUT2D eigenvalue weighted by Crippen LogP contribution is -2.33. The molecular weight excluding hydrogens is 362 g/mol. The van der Waals surface area contributed by atoms with Crippen LogP contribution < -0.4 is 5.32 Å². The van der Waals surface area contributed by atoms with Crippen LogP contribution >= 0.6 is 0 Å². The molecule has 0 atom stereocenters. The van der Waals surface area contributed by atoms with Crippen molar-refractivity contribution >= 4 is 27.8 Å². The lowest BCUT2D eigenvalue weighted by Gasteiger charge is -2.15. The van der Waals surface area contributed by atoms with Crippen molar-refractivity contribution in [3.05, 3.63) is 60.3 Å². The molecule has 3 heterocycles. The van der Waals surface area contributed by atoms with E-state index in [-0.39, 0.29) is 5.91 Å². The van der Waals surface area contributed by atoms with Gasteiger partial charge in [0.05, 0.1) is 22.1 Å². The summed E-state index contributed by atoms with van der Waals surface area (Å²) in [5.41, 5.74) is 4.06. The summed E-state index contributed by atoms with van der Waals surface area (Å²) < 4.78 is 0. The molecule has 2 aromatic heterocycles. The van der Waals surface area contributed by atoms with Gasteiger partial charge >= 0.3 is 0 Å². The van der Waals surface area contributed by atoms with Gasteiger partial charge in [0.1, 0.15) is 5.82 Å². The summed E-state index contributed by atoms with van der Waals surface area (Å²) in [4.78, 5) is 27.9. The van der Waals surface area contributed by atoms with Gasteiger partial charge in [0, 0.05) is 30.2 Å². The summed E-state index contributed by atoms with van der Waals surface area (Å²) >= 11 is 0. The molecule has 0 aliphatic carbocycles. The van der Waals surface area contributed by atoms with Crippen molar-refractivity contribution in [2.75, 3.05) is 26.2 Å². The molecule has 1 amide bonds. The van der Waals surface area contributed by atoms with Gasteiger partial charge in [-0.3, -0.25) is 9.78 Å². The van der Waals surface area contributed by atoms with Crippen LogP contribution in [0.5, 0.6) is 0 Å². The molecule has 0 saturated carbocycles. The maximum Gasteiger partial charge on any atom is 0.253 e. The summed E-state index contributed by atoms with van der Waals surface area (Å²) in [7, 11) is 0. The topological polar surface area (TPSA) is 73.9 Å². The Hall–Kier alpha value is -3.25. The number of aromatic nitrogens is 3. The third-order valence-corrected chi connectivity index (χ3v) is 5.52. The summed E-state index contributed by atoms with van der Waals surface area (Å²) in [5, 5.41) is 4.00. The predicted octanol–water partition coefficient (Wildman–Crippen LogP) is 3.60. The highest BCUT2D eigenvalue weighted by Gasteiger charge is 2.16. The minimum atomic E-state index is -0.0918. The highest BCUT2D eigenvalue weighted by molar-refractivity contribution is 6.07. The smallest absolute Gasteiger partial charge is 0.253 e. The largest absolute Gasteiger partial charge is 0.351 e. The van der Waals surface area contributed by atoms with E-state index < -0.39 is 0 Å². The molecule has 1 fully saturated rings. The Kier molecular flexibility index (Phi) is 4.69. The van der Waals surface area contributed by atoms with Gasteiger partial charge in [-0.25, -0.2) is 4.98 Å². The Bertz CT molecular complexity index is 1140. The van der Waals surface area contributed by atoms with Crippen molar-refractivity contribution in [1.29, 1.82) is 0 Å². The van der Waals surface area contributed by atoms with E-state index in [1.807, 2.05) is 48.5 Å². The molecule has 4 aromatic rings. The van der Waals surface area contributed by atoms with Crippen molar-refractivity contribution < 1.29 is 4.79 Å². The van der Waals surface area contributed by atoms with E-state index in [0.717, 1.165) is 47.4 Å². The average molecular weight is 385 g/mol.